The van der Waals surface area contributed by atoms with Crippen LogP contribution in [-0.4, -0.2) is 42.4 Å². The number of benzene rings is 1. The lowest BCUT2D eigenvalue weighted by molar-refractivity contribution is -0.116. The molecule has 0 aliphatic carbocycles. The van der Waals surface area contributed by atoms with Gasteiger partial charge >= 0.3 is 0 Å². The lowest BCUT2D eigenvalue weighted by atomic mass is 10.1. The molecule has 136 valence electrons. The molecule has 3 rings (SSSR count). The van der Waals surface area contributed by atoms with Crippen LogP contribution >= 0.6 is 11.3 Å². The van der Waals surface area contributed by atoms with Gasteiger partial charge < -0.3 is 9.84 Å². The molecule has 2 aromatic heterocycles. The van der Waals surface area contributed by atoms with E-state index in [0.717, 1.165) is 15.6 Å². The van der Waals surface area contributed by atoms with E-state index in [4.69, 9.17) is 4.52 Å². The van der Waals surface area contributed by atoms with Crippen LogP contribution in [0.15, 0.2) is 50.5 Å². The number of anilines is 1. The number of hydrogen-bond donors (Lipinski definition) is 1. The first kappa shape index (κ1) is 18.2. The Morgan fingerprint density at radius 2 is 2.04 bits per heavy atom. The van der Waals surface area contributed by atoms with Gasteiger partial charge in [0.1, 0.15) is 4.21 Å². The molecule has 0 bridgehead atoms. The highest BCUT2D eigenvalue weighted by molar-refractivity contribution is 7.91. The predicted molar refractivity (Wildman–Crippen MR) is 97.2 cm³/mol. The second-order valence-electron chi connectivity index (χ2n) is 5.42. The highest BCUT2D eigenvalue weighted by Gasteiger charge is 2.24. The molecular formula is C16H16N4O4S2. The van der Waals surface area contributed by atoms with Crippen molar-refractivity contribution in [2.24, 2.45) is 0 Å². The Balaban J connectivity index is 1.75. The van der Waals surface area contributed by atoms with E-state index in [0.29, 0.717) is 23.0 Å². The molecule has 0 atom stereocenters. The molecule has 0 unspecified atom stereocenters. The molecule has 3 aromatic rings. The Kier molecular flexibility index (Phi) is 5.16. The first-order valence-corrected chi connectivity index (χ1v) is 9.89. The number of hydrogen-bond acceptors (Lipinski definition) is 7. The fourth-order valence-electron chi connectivity index (χ4n) is 2.24. The molecule has 1 aromatic carbocycles. The summed E-state index contributed by atoms with van der Waals surface area (Å²) in [6.45, 7) is 1.35. The Bertz CT molecular complexity index is 1010. The second kappa shape index (κ2) is 7.36. The number of nitrogens with one attached hydrogen (secondary N) is 1. The van der Waals surface area contributed by atoms with Crippen LogP contribution in [0.1, 0.15) is 5.89 Å². The Morgan fingerprint density at radius 3 is 2.69 bits per heavy atom. The van der Waals surface area contributed by atoms with Crippen molar-refractivity contribution in [1.82, 2.24) is 14.4 Å². The highest BCUT2D eigenvalue weighted by atomic mass is 32.2. The number of carbonyl (C=O) groups is 1. The van der Waals surface area contributed by atoms with Crippen LogP contribution in [-0.2, 0) is 14.8 Å². The van der Waals surface area contributed by atoms with Crippen molar-refractivity contribution in [2.75, 3.05) is 18.9 Å². The number of likely N-dealkylation sites (N-methyl/N-ethyl adjacent to an activating group) is 1. The maximum absolute atomic E-state index is 12.4. The number of sulfonamides is 1. The number of para-hydroxylation sites is 1. The van der Waals surface area contributed by atoms with Gasteiger partial charge in [0.2, 0.25) is 17.6 Å². The summed E-state index contributed by atoms with van der Waals surface area (Å²) in [6, 6.07) is 10.1. The number of rotatable bonds is 6. The molecule has 0 spiro atoms. The van der Waals surface area contributed by atoms with Crippen molar-refractivity contribution < 1.29 is 17.7 Å². The van der Waals surface area contributed by atoms with Crippen LogP contribution in [0.4, 0.5) is 5.69 Å². The summed E-state index contributed by atoms with van der Waals surface area (Å²) in [5.41, 5.74) is 1.06. The highest BCUT2D eigenvalue weighted by Crippen LogP contribution is 2.25. The normalized spacial score (nSPS) is 11.7. The van der Waals surface area contributed by atoms with Gasteiger partial charge in [-0.3, -0.25) is 4.79 Å². The molecule has 1 amide bonds. The molecule has 0 saturated heterocycles. The minimum absolute atomic E-state index is 0.190. The van der Waals surface area contributed by atoms with E-state index in [-0.39, 0.29) is 10.8 Å². The number of carbonyl (C=O) groups excluding carboxylic acids is 1. The van der Waals surface area contributed by atoms with Gasteiger partial charge in [0, 0.05) is 19.5 Å². The summed E-state index contributed by atoms with van der Waals surface area (Å²) in [6.07, 6.45) is 0. The van der Waals surface area contributed by atoms with Crippen molar-refractivity contribution in [1.29, 1.82) is 0 Å². The standard InChI is InChI=1S/C16H16N4O4S2/c1-11-17-16(19-24-11)12-6-3-4-7-13(12)18-14(21)10-20(2)26(22,23)15-8-5-9-25-15/h3-9H,10H2,1-2H3,(H,18,21). The summed E-state index contributed by atoms with van der Waals surface area (Å²) < 4.78 is 31.0. The smallest absolute Gasteiger partial charge is 0.252 e. The molecule has 0 radical (unpaired) electrons. The summed E-state index contributed by atoms with van der Waals surface area (Å²) in [4.78, 5) is 16.5. The Labute approximate surface area is 154 Å². The average molecular weight is 392 g/mol. The maximum atomic E-state index is 12.4. The zero-order valence-electron chi connectivity index (χ0n) is 14.0. The second-order valence-corrected chi connectivity index (χ2v) is 8.64. The molecule has 8 nitrogen and oxygen atoms in total. The number of nitrogens with zero attached hydrogens (tertiary/aromatic N) is 3. The van der Waals surface area contributed by atoms with E-state index in [2.05, 4.69) is 15.5 Å². The Morgan fingerprint density at radius 1 is 1.27 bits per heavy atom. The molecule has 26 heavy (non-hydrogen) atoms. The number of thiophene rings is 1. The van der Waals surface area contributed by atoms with E-state index in [1.807, 2.05) is 0 Å². The van der Waals surface area contributed by atoms with Gasteiger partial charge in [0.25, 0.3) is 10.0 Å². The van der Waals surface area contributed by atoms with Crippen molar-refractivity contribution in [3.05, 3.63) is 47.7 Å². The molecule has 2 heterocycles. The van der Waals surface area contributed by atoms with Crippen molar-refractivity contribution in [2.45, 2.75) is 11.1 Å². The summed E-state index contributed by atoms with van der Waals surface area (Å²) >= 11 is 1.10. The van der Waals surface area contributed by atoms with Crippen LogP contribution in [0, 0.1) is 6.92 Å². The first-order valence-electron chi connectivity index (χ1n) is 7.57. The molecule has 0 aliphatic rings. The van der Waals surface area contributed by atoms with Crippen LogP contribution in [0.25, 0.3) is 11.4 Å². The number of aromatic nitrogens is 2. The molecule has 0 aliphatic heterocycles. The zero-order valence-corrected chi connectivity index (χ0v) is 15.7. The fourth-order valence-corrected chi connectivity index (χ4v) is 4.56. The molecule has 0 saturated carbocycles. The average Bonchev–Trinajstić information content (AvgIpc) is 3.27. The topological polar surface area (TPSA) is 105 Å². The van der Waals surface area contributed by atoms with Gasteiger partial charge in [-0.05, 0) is 23.6 Å². The summed E-state index contributed by atoms with van der Waals surface area (Å²) in [5, 5.41) is 8.22. The van der Waals surface area contributed by atoms with E-state index in [1.165, 1.54) is 13.1 Å². The number of amides is 1. The minimum Gasteiger partial charge on any atom is -0.339 e. The lowest BCUT2D eigenvalue weighted by Gasteiger charge is -2.16. The summed E-state index contributed by atoms with van der Waals surface area (Å²) in [7, 11) is -2.33. The third-order valence-corrected chi connectivity index (χ3v) is 6.67. The van der Waals surface area contributed by atoms with Gasteiger partial charge in [-0.2, -0.15) is 9.29 Å². The third kappa shape index (κ3) is 3.82. The number of aryl methyl sites for hydroxylation is 1. The fraction of sp³-hybridized carbons (Fsp3) is 0.188. The molecular weight excluding hydrogens is 376 g/mol. The third-order valence-electron chi connectivity index (χ3n) is 3.50. The quantitative estimate of drug-likeness (QED) is 0.690. The van der Waals surface area contributed by atoms with E-state index >= 15 is 0 Å². The first-order chi connectivity index (χ1) is 12.4. The zero-order chi connectivity index (χ0) is 18.7. The molecule has 1 N–H and O–H groups in total. The maximum Gasteiger partial charge on any atom is 0.252 e. The molecule has 0 fully saturated rings. The predicted octanol–water partition coefficient (Wildman–Crippen LogP) is 2.37. The van der Waals surface area contributed by atoms with Gasteiger partial charge in [-0.25, -0.2) is 8.42 Å². The summed E-state index contributed by atoms with van der Waals surface area (Å²) in [5.74, 6) is 0.279. The SMILES string of the molecule is Cc1nc(-c2ccccc2NC(=O)CN(C)S(=O)(=O)c2cccs2)no1. The van der Waals surface area contributed by atoms with Gasteiger partial charge in [0.05, 0.1) is 12.2 Å². The van der Waals surface area contributed by atoms with Crippen LogP contribution < -0.4 is 5.32 Å². The van der Waals surface area contributed by atoms with Gasteiger partial charge in [-0.1, -0.05) is 23.4 Å². The Hall–Kier alpha value is -2.56. The van der Waals surface area contributed by atoms with Crippen LogP contribution in [0.3, 0.4) is 0 Å². The van der Waals surface area contributed by atoms with Gasteiger partial charge in [0.15, 0.2) is 0 Å². The van der Waals surface area contributed by atoms with Crippen LogP contribution in [0.5, 0.6) is 0 Å². The van der Waals surface area contributed by atoms with Crippen molar-refractivity contribution in [3.63, 3.8) is 0 Å². The lowest BCUT2D eigenvalue weighted by Crippen LogP contribution is -2.34. The van der Waals surface area contributed by atoms with Crippen LogP contribution in [0.2, 0.25) is 0 Å². The minimum atomic E-state index is -3.69. The molecule has 10 heteroatoms. The monoisotopic (exact) mass is 392 g/mol. The van der Waals surface area contributed by atoms with Crippen molar-refractivity contribution in [3.8, 4) is 11.4 Å². The van der Waals surface area contributed by atoms with E-state index in [9.17, 15) is 13.2 Å². The van der Waals surface area contributed by atoms with E-state index < -0.39 is 15.9 Å². The largest absolute Gasteiger partial charge is 0.339 e. The van der Waals surface area contributed by atoms with E-state index in [1.54, 1.807) is 42.6 Å². The van der Waals surface area contributed by atoms with Crippen molar-refractivity contribution >= 4 is 33.0 Å². The van der Waals surface area contributed by atoms with Gasteiger partial charge in [-0.15, -0.1) is 11.3 Å².